The highest BCUT2D eigenvalue weighted by Gasteiger charge is 1.85. The maximum Gasteiger partial charge on any atom is 0.0624 e. The van der Waals surface area contributed by atoms with E-state index in [1.54, 1.807) is 43.4 Å². The van der Waals surface area contributed by atoms with Crippen LogP contribution in [0.15, 0.2) is 56.0 Å². The van der Waals surface area contributed by atoms with Gasteiger partial charge in [0, 0.05) is 49.8 Å². The molecule has 0 saturated carbocycles. The Kier molecular flexibility index (Phi) is 5.36. The molecule has 0 spiro atoms. The van der Waals surface area contributed by atoms with E-state index in [1.807, 2.05) is 6.08 Å². The van der Waals surface area contributed by atoms with Crippen LogP contribution >= 0.6 is 0 Å². The maximum atomic E-state index is 4.03. The van der Waals surface area contributed by atoms with Crippen LogP contribution in [0.25, 0.3) is 0 Å². The summed E-state index contributed by atoms with van der Waals surface area (Å²) >= 11 is 0. The van der Waals surface area contributed by atoms with Crippen molar-refractivity contribution in [2.75, 3.05) is 0 Å². The molecule has 15 heavy (non-hydrogen) atoms. The number of rotatable bonds is 2. The van der Waals surface area contributed by atoms with E-state index in [0.29, 0.717) is 0 Å². The van der Waals surface area contributed by atoms with Gasteiger partial charge in [-0.1, -0.05) is 6.08 Å². The summed E-state index contributed by atoms with van der Waals surface area (Å²) in [6.07, 6.45) is 14.2. The summed E-state index contributed by atoms with van der Waals surface area (Å²) in [6, 6.07) is 0. The van der Waals surface area contributed by atoms with Crippen LogP contribution in [0.4, 0.5) is 0 Å². The highest BCUT2D eigenvalue weighted by molar-refractivity contribution is 4.99. The van der Waals surface area contributed by atoms with Crippen LogP contribution in [0.3, 0.4) is 0 Å². The lowest BCUT2D eigenvalue weighted by Crippen LogP contribution is -1.85. The molecule has 0 bridgehead atoms. The van der Waals surface area contributed by atoms with Crippen molar-refractivity contribution in [1.82, 2.24) is 19.9 Å². The maximum absolute atomic E-state index is 4.03. The molecule has 0 radical (unpaired) electrons. The van der Waals surface area contributed by atoms with Crippen molar-refractivity contribution in [2.24, 2.45) is 0 Å². The molecule has 0 unspecified atom stereocenters. The van der Waals surface area contributed by atoms with Gasteiger partial charge in [-0.15, -0.1) is 6.58 Å². The number of hydrogen-bond donors (Lipinski definition) is 0. The Balaban J connectivity index is 0.000000162. The van der Waals surface area contributed by atoms with Gasteiger partial charge in [-0.25, -0.2) is 0 Å². The molecule has 0 aliphatic heterocycles. The highest BCUT2D eigenvalue weighted by Crippen LogP contribution is 1.90. The van der Waals surface area contributed by atoms with Gasteiger partial charge in [0.15, 0.2) is 0 Å². The van der Waals surface area contributed by atoms with E-state index in [1.165, 1.54) is 0 Å². The first-order valence-electron chi connectivity index (χ1n) is 4.49. The second kappa shape index (κ2) is 7.32. The van der Waals surface area contributed by atoms with Crippen LogP contribution in [0.2, 0.25) is 0 Å². The van der Waals surface area contributed by atoms with Crippen molar-refractivity contribution >= 4 is 0 Å². The zero-order valence-electron chi connectivity index (χ0n) is 8.32. The van der Waals surface area contributed by atoms with Crippen LogP contribution in [0.5, 0.6) is 0 Å². The smallest absolute Gasteiger partial charge is 0.0624 e. The summed E-state index contributed by atoms with van der Waals surface area (Å²) in [7, 11) is 0. The third-order valence-corrected chi connectivity index (χ3v) is 1.45. The Bertz CT molecular complexity index is 334. The fourth-order valence-electron chi connectivity index (χ4n) is 0.837. The van der Waals surface area contributed by atoms with Gasteiger partial charge < -0.3 is 0 Å². The largest absolute Gasteiger partial charge is 0.262 e. The lowest BCUT2D eigenvalue weighted by Gasteiger charge is -1.89. The predicted octanol–water partition coefficient (Wildman–Crippen LogP) is 1.68. The Labute approximate surface area is 88.8 Å². The van der Waals surface area contributed by atoms with Crippen molar-refractivity contribution in [1.29, 1.82) is 0 Å². The molecule has 0 aliphatic carbocycles. The van der Waals surface area contributed by atoms with Crippen molar-refractivity contribution in [3.05, 3.63) is 61.7 Å². The summed E-state index contributed by atoms with van der Waals surface area (Å²) in [4.78, 5) is 15.4. The first-order chi connectivity index (χ1) is 7.43. The molecule has 0 aliphatic rings. The Morgan fingerprint density at radius 3 is 1.93 bits per heavy atom. The third kappa shape index (κ3) is 5.25. The molecule has 2 heterocycles. The van der Waals surface area contributed by atoms with Gasteiger partial charge in [-0.2, -0.15) is 0 Å². The summed E-state index contributed by atoms with van der Waals surface area (Å²) < 4.78 is 0. The van der Waals surface area contributed by atoms with Gasteiger partial charge in [0.2, 0.25) is 0 Å². The van der Waals surface area contributed by atoms with Gasteiger partial charge in [-0.05, 0) is 0 Å². The summed E-state index contributed by atoms with van der Waals surface area (Å²) in [5.74, 6) is 0. The average molecular weight is 200 g/mol. The normalized spacial score (nSPS) is 8.53. The molecule has 0 fully saturated rings. The second-order valence-corrected chi connectivity index (χ2v) is 2.58. The molecule has 2 rings (SSSR count). The minimum atomic E-state index is 0.799. The first kappa shape index (κ1) is 11.0. The van der Waals surface area contributed by atoms with E-state index < -0.39 is 0 Å². The minimum Gasteiger partial charge on any atom is -0.262 e. The third-order valence-electron chi connectivity index (χ3n) is 1.45. The number of hydrogen-bond acceptors (Lipinski definition) is 4. The number of allylic oxidation sites excluding steroid dienone is 1. The van der Waals surface area contributed by atoms with E-state index in [2.05, 4.69) is 26.5 Å². The monoisotopic (exact) mass is 200 g/mol. The van der Waals surface area contributed by atoms with Crippen LogP contribution in [0, 0.1) is 0 Å². The molecule has 0 saturated heterocycles. The van der Waals surface area contributed by atoms with E-state index in [0.717, 1.165) is 12.1 Å². The predicted molar refractivity (Wildman–Crippen MR) is 58.0 cm³/mol. The fourth-order valence-corrected chi connectivity index (χ4v) is 0.837. The van der Waals surface area contributed by atoms with E-state index in [4.69, 9.17) is 0 Å². The number of nitrogens with zero attached hydrogens (tertiary/aromatic N) is 4. The molecular weight excluding hydrogens is 188 g/mol. The van der Waals surface area contributed by atoms with Gasteiger partial charge in [0.25, 0.3) is 0 Å². The lowest BCUT2D eigenvalue weighted by molar-refractivity contribution is 1.06. The Hall–Kier alpha value is -2.10. The van der Waals surface area contributed by atoms with Gasteiger partial charge in [0.05, 0.1) is 5.69 Å². The summed E-state index contributed by atoms with van der Waals surface area (Å²) in [5, 5.41) is 0. The molecule has 2 aromatic rings. The highest BCUT2D eigenvalue weighted by atomic mass is 14.8. The lowest BCUT2D eigenvalue weighted by atomic mass is 10.3. The molecule has 0 atom stereocenters. The topological polar surface area (TPSA) is 51.6 Å². The van der Waals surface area contributed by atoms with Crippen LogP contribution < -0.4 is 0 Å². The molecule has 4 nitrogen and oxygen atoms in total. The van der Waals surface area contributed by atoms with E-state index >= 15 is 0 Å². The number of aromatic nitrogens is 4. The molecule has 0 amide bonds. The summed E-state index contributed by atoms with van der Waals surface area (Å²) in [5.41, 5.74) is 0.965. The van der Waals surface area contributed by atoms with Gasteiger partial charge >= 0.3 is 0 Å². The van der Waals surface area contributed by atoms with Crippen molar-refractivity contribution in [3.8, 4) is 0 Å². The molecular formula is C11H12N4. The molecule has 2 aromatic heterocycles. The van der Waals surface area contributed by atoms with Crippen LogP contribution in [-0.2, 0) is 6.42 Å². The zero-order chi connectivity index (χ0) is 10.8. The van der Waals surface area contributed by atoms with E-state index in [9.17, 15) is 0 Å². The van der Waals surface area contributed by atoms with Crippen molar-refractivity contribution in [3.63, 3.8) is 0 Å². The Morgan fingerprint density at radius 2 is 1.53 bits per heavy atom. The summed E-state index contributed by atoms with van der Waals surface area (Å²) in [6.45, 7) is 3.59. The molecule has 0 aromatic carbocycles. The zero-order valence-corrected chi connectivity index (χ0v) is 8.32. The van der Waals surface area contributed by atoms with Crippen LogP contribution in [0.1, 0.15) is 5.69 Å². The first-order valence-corrected chi connectivity index (χ1v) is 4.49. The Morgan fingerprint density at radius 1 is 0.933 bits per heavy atom. The van der Waals surface area contributed by atoms with Crippen LogP contribution in [-0.4, -0.2) is 19.9 Å². The van der Waals surface area contributed by atoms with Gasteiger partial charge in [0.1, 0.15) is 0 Å². The van der Waals surface area contributed by atoms with Gasteiger partial charge in [-0.3, -0.25) is 19.9 Å². The SMILES string of the molecule is C=CCc1cnccn1.c1cnccn1. The minimum absolute atomic E-state index is 0.799. The fraction of sp³-hybridized carbons (Fsp3) is 0.0909. The quantitative estimate of drug-likeness (QED) is 0.692. The van der Waals surface area contributed by atoms with E-state index in [-0.39, 0.29) is 0 Å². The molecule has 0 N–H and O–H groups in total. The van der Waals surface area contributed by atoms with Crippen molar-refractivity contribution < 1.29 is 0 Å². The molecule has 76 valence electrons. The average Bonchev–Trinajstić information content (AvgIpc) is 2.34. The van der Waals surface area contributed by atoms with Crippen molar-refractivity contribution in [2.45, 2.75) is 6.42 Å². The second-order valence-electron chi connectivity index (χ2n) is 2.58. The standard InChI is InChI=1S/C7H8N2.C4H4N2/c1-2-3-7-6-8-4-5-9-7;1-2-6-4-3-5-1/h2,4-6H,1,3H2;1-4H. The molecule has 4 heteroatoms.